The molecule has 0 aliphatic heterocycles. The van der Waals surface area contributed by atoms with Gasteiger partial charge in [0.25, 0.3) is 0 Å². The maximum Gasteiger partial charge on any atom is 0.121 e. The van der Waals surface area contributed by atoms with Crippen LogP contribution in [0.4, 0.5) is 0 Å². The second-order valence-corrected chi connectivity index (χ2v) is 5.11. The molecule has 0 fully saturated rings. The van der Waals surface area contributed by atoms with Gasteiger partial charge in [-0.3, -0.25) is 0 Å². The smallest absolute Gasteiger partial charge is 0.121 e. The second-order valence-electron chi connectivity index (χ2n) is 4.19. The molecule has 0 amide bonds. The number of nitrogens with zero attached hydrogens (tertiary/aromatic N) is 2. The van der Waals surface area contributed by atoms with E-state index >= 15 is 0 Å². The van der Waals surface area contributed by atoms with Crippen molar-refractivity contribution in [1.29, 1.82) is 0 Å². The van der Waals surface area contributed by atoms with Crippen molar-refractivity contribution in [1.82, 2.24) is 9.55 Å². The van der Waals surface area contributed by atoms with Gasteiger partial charge in [-0.05, 0) is 37.1 Å². The maximum absolute atomic E-state index is 10.4. The van der Waals surface area contributed by atoms with Crippen LogP contribution in [0.5, 0.6) is 0 Å². The minimum Gasteiger partial charge on any atom is -0.382 e. The molecule has 1 aromatic carbocycles. The third kappa shape index (κ3) is 2.28. The van der Waals surface area contributed by atoms with Gasteiger partial charge in [0.2, 0.25) is 0 Å². The molecule has 0 saturated heterocycles. The summed E-state index contributed by atoms with van der Waals surface area (Å²) in [4.78, 5) is 4.20. The number of rotatable bonds is 2. The van der Waals surface area contributed by atoms with Crippen LogP contribution in [0.2, 0.25) is 0 Å². The zero-order chi connectivity index (χ0) is 12.6. The molecule has 0 saturated carbocycles. The fraction of sp³-hybridized carbons (Fsp3) is 0.308. The average molecular weight is 295 g/mol. The van der Waals surface area contributed by atoms with Gasteiger partial charge < -0.3 is 9.67 Å². The molecule has 0 aliphatic carbocycles. The minimum atomic E-state index is -0.630. The summed E-state index contributed by atoms with van der Waals surface area (Å²) >= 11 is 3.42. The van der Waals surface area contributed by atoms with E-state index in [1.165, 1.54) is 0 Å². The Bertz CT molecular complexity index is 548. The van der Waals surface area contributed by atoms with Gasteiger partial charge in [0.1, 0.15) is 11.9 Å². The summed E-state index contributed by atoms with van der Waals surface area (Å²) in [5.74, 6) is 0.897. The van der Waals surface area contributed by atoms with Crippen LogP contribution in [0, 0.1) is 13.8 Å². The van der Waals surface area contributed by atoms with Crippen LogP contribution in [0.3, 0.4) is 0 Å². The molecule has 2 rings (SSSR count). The van der Waals surface area contributed by atoms with Crippen LogP contribution in [0.25, 0.3) is 0 Å². The Labute approximate surface area is 109 Å². The lowest BCUT2D eigenvalue weighted by molar-refractivity contribution is 0.210. The van der Waals surface area contributed by atoms with Crippen LogP contribution >= 0.6 is 15.9 Å². The van der Waals surface area contributed by atoms with Crippen molar-refractivity contribution in [2.75, 3.05) is 0 Å². The third-order valence-corrected chi connectivity index (χ3v) is 3.56. The highest BCUT2D eigenvalue weighted by Gasteiger charge is 2.17. The number of aryl methyl sites for hydroxylation is 2. The molecule has 0 radical (unpaired) electrons. The first-order valence-electron chi connectivity index (χ1n) is 5.43. The molecular formula is C13H15BrN2O. The molecular weight excluding hydrogens is 280 g/mol. The van der Waals surface area contributed by atoms with Gasteiger partial charge in [-0.2, -0.15) is 0 Å². The van der Waals surface area contributed by atoms with Crippen LogP contribution < -0.4 is 0 Å². The predicted molar refractivity (Wildman–Crippen MR) is 70.9 cm³/mol. The lowest BCUT2D eigenvalue weighted by Gasteiger charge is -2.15. The van der Waals surface area contributed by atoms with E-state index in [4.69, 9.17) is 0 Å². The first-order valence-corrected chi connectivity index (χ1v) is 6.22. The Morgan fingerprint density at radius 3 is 2.59 bits per heavy atom. The second kappa shape index (κ2) is 4.63. The van der Waals surface area contributed by atoms with Crippen molar-refractivity contribution in [3.05, 3.63) is 51.5 Å². The van der Waals surface area contributed by atoms with E-state index in [1.54, 1.807) is 6.20 Å². The third-order valence-electron chi connectivity index (χ3n) is 3.06. The fourth-order valence-electron chi connectivity index (χ4n) is 1.88. The SMILES string of the molecule is Cc1cc(Br)ccc1C(O)c1cnc(C)n1C. The molecule has 1 unspecified atom stereocenters. The first kappa shape index (κ1) is 12.3. The topological polar surface area (TPSA) is 38.1 Å². The van der Waals surface area contributed by atoms with Gasteiger partial charge in [-0.1, -0.05) is 22.0 Å². The molecule has 1 atom stereocenters. The highest BCUT2D eigenvalue weighted by Crippen LogP contribution is 2.26. The largest absolute Gasteiger partial charge is 0.382 e. The number of hydrogen-bond donors (Lipinski definition) is 1. The number of aliphatic hydroxyl groups excluding tert-OH is 1. The quantitative estimate of drug-likeness (QED) is 0.925. The maximum atomic E-state index is 10.4. The normalized spacial score (nSPS) is 12.8. The Morgan fingerprint density at radius 1 is 1.35 bits per heavy atom. The van der Waals surface area contributed by atoms with Gasteiger partial charge in [0.15, 0.2) is 0 Å². The number of hydrogen-bond acceptors (Lipinski definition) is 2. The molecule has 90 valence electrons. The summed E-state index contributed by atoms with van der Waals surface area (Å²) in [7, 11) is 1.91. The van der Waals surface area contributed by atoms with Crippen molar-refractivity contribution in [3.8, 4) is 0 Å². The van der Waals surface area contributed by atoms with Gasteiger partial charge in [0.05, 0.1) is 11.9 Å². The highest BCUT2D eigenvalue weighted by atomic mass is 79.9. The summed E-state index contributed by atoms with van der Waals surface area (Å²) in [6, 6.07) is 5.88. The zero-order valence-corrected chi connectivity index (χ0v) is 11.7. The fourth-order valence-corrected chi connectivity index (χ4v) is 2.35. The van der Waals surface area contributed by atoms with Crippen molar-refractivity contribution in [3.63, 3.8) is 0 Å². The van der Waals surface area contributed by atoms with Crippen LogP contribution in [0.1, 0.15) is 28.7 Å². The number of imidazole rings is 1. The number of aliphatic hydroxyl groups is 1. The van der Waals surface area contributed by atoms with E-state index in [9.17, 15) is 5.11 Å². The monoisotopic (exact) mass is 294 g/mol. The van der Waals surface area contributed by atoms with E-state index in [0.29, 0.717) is 0 Å². The molecule has 1 heterocycles. The van der Waals surface area contributed by atoms with Gasteiger partial charge >= 0.3 is 0 Å². The molecule has 1 aromatic heterocycles. The van der Waals surface area contributed by atoms with E-state index in [2.05, 4.69) is 20.9 Å². The van der Waals surface area contributed by atoms with Crippen molar-refractivity contribution in [2.24, 2.45) is 7.05 Å². The van der Waals surface area contributed by atoms with E-state index < -0.39 is 6.10 Å². The van der Waals surface area contributed by atoms with Gasteiger partial charge in [-0.15, -0.1) is 0 Å². The molecule has 0 spiro atoms. The van der Waals surface area contributed by atoms with Gasteiger partial charge in [0, 0.05) is 11.5 Å². The number of aromatic nitrogens is 2. The average Bonchev–Trinajstić information content (AvgIpc) is 2.59. The Kier molecular flexibility index (Phi) is 3.35. The van der Waals surface area contributed by atoms with Crippen molar-refractivity contribution < 1.29 is 5.11 Å². The van der Waals surface area contributed by atoms with E-state index in [-0.39, 0.29) is 0 Å². The Balaban J connectivity index is 2.43. The molecule has 2 aromatic rings. The molecule has 0 aliphatic rings. The predicted octanol–water partition coefficient (Wildman–Crippen LogP) is 2.88. The minimum absolute atomic E-state index is 0.630. The van der Waals surface area contributed by atoms with Crippen LogP contribution in [-0.2, 0) is 7.05 Å². The molecule has 1 N–H and O–H groups in total. The highest BCUT2D eigenvalue weighted by molar-refractivity contribution is 9.10. The van der Waals surface area contributed by atoms with Crippen LogP contribution in [-0.4, -0.2) is 14.7 Å². The molecule has 3 nitrogen and oxygen atoms in total. The lowest BCUT2D eigenvalue weighted by Crippen LogP contribution is -2.07. The zero-order valence-electron chi connectivity index (χ0n) is 10.1. The van der Waals surface area contributed by atoms with E-state index in [0.717, 1.165) is 27.1 Å². The summed E-state index contributed by atoms with van der Waals surface area (Å²) < 4.78 is 2.93. The number of benzene rings is 1. The molecule has 17 heavy (non-hydrogen) atoms. The standard InChI is InChI=1S/C13H15BrN2O/c1-8-6-10(14)4-5-11(8)13(17)12-7-15-9(2)16(12)3/h4-7,13,17H,1-3H3. The van der Waals surface area contributed by atoms with Gasteiger partial charge in [-0.25, -0.2) is 4.98 Å². The van der Waals surface area contributed by atoms with Crippen LogP contribution in [0.15, 0.2) is 28.9 Å². The summed E-state index contributed by atoms with van der Waals surface area (Å²) in [6.45, 7) is 3.91. The first-order chi connectivity index (χ1) is 8.00. The summed E-state index contributed by atoms with van der Waals surface area (Å²) in [5.41, 5.74) is 2.79. The Hall–Kier alpha value is -1.13. The molecule has 4 heteroatoms. The summed E-state index contributed by atoms with van der Waals surface area (Å²) in [6.07, 6.45) is 1.09. The van der Waals surface area contributed by atoms with Crippen molar-refractivity contribution >= 4 is 15.9 Å². The lowest BCUT2D eigenvalue weighted by atomic mass is 10.0. The molecule has 0 bridgehead atoms. The number of halogens is 1. The van der Waals surface area contributed by atoms with Crippen molar-refractivity contribution in [2.45, 2.75) is 20.0 Å². The Morgan fingerprint density at radius 2 is 2.06 bits per heavy atom. The summed E-state index contributed by atoms with van der Waals surface area (Å²) in [5, 5.41) is 10.4. The van der Waals surface area contributed by atoms with E-state index in [1.807, 2.05) is 43.7 Å².